The molecule has 0 aliphatic rings. The van der Waals surface area contributed by atoms with Crippen LogP contribution in [0.1, 0.15) is 106 Å². The molecule has 4 aromatic rings. The van der Waals surface area contributed by atoms with Crippen LogP contribution in [0.25, 0.3) is 19.4 Å². The second-order valence-corrected chi connectivity index (χ2v) is 15.1. The zero-order chi connectivity index (χ0) is 44.3. The fourth-order valence-electron chi connectivity index (χ4n) is 6.82. The first-order chi connectivity index (χ1) is 29.8. The van der Waals surface area contributed by atoms with Crippen LogP contribution in [-0.4, -0.2) is 73.3 Å². The average Bonchev–Trinajstić information content (AvgIpc) is 3.30. The molecule has 9 heteroatoms. The van der Waals surface area contributed by atoms with Crippen LogP contribution in [0, 0.1) is 26.3 Å². The Morgan fingerprint density at radius 1 is 0.443 bits per heavy atom. The van der Waals surface area contributed by atoms with Gasteiger partial charge < -0.3 is 15.1 Å². The summed E-state index contributed by atoms with van der Waals surface area (Å²) in [6.07, 6.45) is 10.6. The van der Waals surface area contributed by atoms with Crippen molar-refractivity contribution in [1.82, 2.24) is 20.0 Å². The number of nitrogens with zero attached hydrogens (tertiary/aromatic N) is 7. The predicted octanol–water partition coefficient (Wildman–Crippen LogP) is 13.0. The van der Waals surface area contributed by atoms with Gasteiger partial charge in [0.25, 0.3) is 0 Å². The molecule has 0 aliphatic carbocycles. The predicted molar refractivity (Wildman–Crippen MR) is 255 cm³/mol. The Morgan fingerprint density at radius 3 is 1.11 bits per heavy atom. The van der Waals surface area contributed by atoms with E-state index in [1.807, 2.05) is 48.5 Å². The van der Waals surface area contributed by atoms with Crippen molar-refractivity contribution < 1.29 is 4.79 Å². The second kappa shape index (κ2) is 33.1. The van der Waals surface area contributed by atoms with Crippen LogP contribution < -0.4 is 5.32 Å². The minimum atomic E-state index is 0.561. The summed E-state index contributed by atoms with van der Waals surface area (Å²) in [6.45, 7) is 48.8. The molecule has 0 aromatic heterocycles. The largest absolute Gasteiger partial charge is 0.313 e. The van der Waals surface area contributed by atoms with Gasteiger partial charge in [-0.25, -0.2) is 19.4 Å². The summed E-state index contributed by atoms with van der Waals surface area (Å²) >= 11 is 0. The Bertz CT molecular complexity index is 1840. The number of aldehydes is 1. The topological polar surface area (TPSA) is 56.3 Å². The Morgan fingerprint density at radius 2 is 0.770 bits per heavy atom. The smallest absolute Gasteiger partial charge is 0.187 e. The molecule has 322 valence electrons. The summed E-state index contributed by atoms with van der Waals surface area (Å²) in [5, 5.41) is 3.48. The summed E-state index contributed by atoms with van der Waals surface area (Å²) in [5.74, 6) is 0. The lowest BCUT2D eigenvalue weighted by atomic mass is 10.1. The summed E-state index contributed by atoms with van der Waals surface area (Å²) < 4.78 is 0. The van der Waals surface area contributed by atoms with Crippen LogP contribution in [0.4, 0.5) is 22.7 Å². The number of hydrogen-bond acceptors (Lipinski definition) is 5. The molecule has 0 spiro atoms. The number of hydrogen-bond donors (Lipinski definition) is 1. The molecule has 4 aromatic carbocycles. The number of carbonyl (C=O) groups excluding carboxylic acids is 1. The first-order valence-corrected chi connectivity index (χ1v) is 22.0. The van der Waals surface area contributed by atoms with Crippen molar-refractivity contribution in [3.05, 3.63) is 165 Å². The monoisotopic (exact) mass is 821 g/mol. The molecule has 0 radical (unpaired) electrons. The molecule has 0 amide bonds. The fraction of sp³-hybridized carbons (Fsp3) is 0.442. The Labute approximate surface area is 368 Å². The fourth-order valence-corrected chi connectivity index (χ4v) is 6.82. The molecule has 0 heterocycles. The molecule has 9 nitrogen and oxygen atoms in total. The van der Waals surface area contributed by atoms with E-state index in [9.17, 15) is 4.79 Å². The molecule has 0 saturated carbocycles. The van der Waals surface area contributed by atoms with Gasteiger partial charge in [0, 0.05) is 25.2 Å². The van der Waals surface area contributed by atoms with Gasteiger partial charge in [0.05, 0.1) is 26.3 Å². The third-order valence-electron chi connectivity index (χ3n) is 9.93. The molecular formula is C52H68N8O. The highest BCUT2D eigenvalue weighted by atomic mass is 16.1. The average molecular weight is 821 g/mol. The molecule has 61 heavy (non-hydrogen) atoms. The first kappa shape index (κ1) is 51.5. The van der Waals surface area contributed by atoms with E-state index in [2.05, 4.69) is 91.4 Å². The lowest BCUT2D eigenvalue weighted by Gasteiger charge is -2.24. The molecular weight excluding hydrogens is 753 g/mol. The van der Waals surface area contributed by atoms with Gasteiger partial charge in [0.1, 0.15) is 6.29 Å². The SMILES string of the molecule is [C-]#[N+]c1ccc(C=O)cc1.[C-]#[N+]c1ccc(CN(CCCCN(CCC)CCC)Cc2ccc([N+]#[C-])cc2)cc1.[C-]#[N+]c1ccc(CNCCCCN(CCC)CCC)cc1. The molecule has 0 aliphatic heterocycles. The van der Waals surface area contributed by atoms with Crippen molar-refractivity contribution in [2.75, 3.05) is 52.4 Å². The van der Waals surface area contributed by atoms with Crippen LogP contribution in [-0.2, 0) is 19.6 Å². The van der Waals surface area contributed by atoms with Crippen LogP contribution >= 0.6 is 0 Å². The summed E-state index contributed by atoms with van der Waals surface area (Å²) in [6, 6.07) is 30.2. The Balaban J connectivity index is 0.000000356. The van der Waals surface area contributed by atoms with E-state index in [0.717, 1.165) is 39.0 Å². The molecule has 1 N–H and O–H groups in total. The lowest BCUT2D eigenvalue weighted by Crippen LogP contribution is -2.28. The standard InChI is InChI=1S/C26H34N4.C18H29N3.C8H5NO/c1-5-17-29(18-6-2)19-7-8-20-30(21-23-9-13-25(27-3)14-10-23)22-24-11-15-26(28-4)16-12-24;1-4-13-21(14-5-2)15-7-6-12-20-16-17-8-10-18(19-3)11-9-17;1-9-8-4-2-7(6-10)3-5-8/h9-16H,5-8,17-22H2,1-2H3;8-11,20H,4-7,12-16H2,1-2H3;2-6H. The van der Waals surface area contributed by atoms with E-state index in [1.165, 1.54) is 107 Å². The summed E-state index contributed by atoms with van der Waals surface area (Å²) in [7, 11) is 0. The first-order valence-electron chi connectivity index (χ1n) is 22.0. The number of carbonyl (C=O) groups is 1. The van der Waals surface area contributed by atoms with Gasteiger partial charge in [-0.05, 0) is 120 Å². The summed E-state index contributed by atoms with van der Waals surface area (Å²) in [4.78, 5) is 31.3. The van der Waals surface area contributed by atoms with Gasteiger partial charge in [-0.3, -0.25) is 9.69 Å². The highest BCUT2D eigenvalue weighted by Crippen LogP contribution is 2.19. The number of unbranched alkanes of at least 4 members (excludes halogenated alkanes) is 2. The van der Waals surface area contributed by atoms with Crippen molar-refractivity contribution in [2.45, 2.75) is 98.7 Å². The normalized spacial score (nSPS) is 10.4. The third kappa shape index (κ3) is 23.1. The minimum Gasteiger partial charge on any atom is -0.313 e. The van der Waals surface area contributed by atoms with E-state index in [4.69, 9.17) is 26.3 Å². The van der Waals surface area contributed by atoms with E-state index in [-0.39, 0.29) is 0 Å². The maximum Gasteiger partial charge on any atom is 0.187 e. The van der Waals surface area contributed by atoms with Crippen molar-refractivity contribution in [2.24, 2.45) is 0 Å². The van der Waals surface area contributed by atoms with Crippen LogP contribution in [0.3, 0.4) is 0 Å². The van der Waals surface area contributed by atoms with Gasteiger partial charge in [-0.2, -0.15) is 0 Å². The maximum atomic E-state index is 10.1. The number of benzene rings is 4. The number of nitrogens with one attached hydrogen (secondary N) is 1. The van der Waals surface area contributed by atoms with Crippen molar-refractivity contribution in [3.63, 3.8) is 0 Å². The van der Waals surface area contributed by atoms with E-state index in [0.29, 0.717) is 28.3 Å². The van der Waals surface area contributed by atoms with E-state index in [1.54, 1.807) is 24.3 Å². The van der Waals surface area contributed by atoms with Gasteiger partial charge >= 0.3 is 0 Å². The second-order valence-electron chi connectivity index (χ2n) is 15.1. The molecule has 0 atom stereocenters. The van der Waals surface area contributed by atoms with E-state index >= 15 is 0 Å². The van der Waals surface area contributed by atoms with Crippen molar-refractivity contribution in [1.29, 1.82) is 0 Å². The van der Waals surface area contributed by atoms with Gasteiger partial charge in [-0.1, -0.05) is 125 Å². The Hall–Kier alpha value is -5.65. The molecule has 0 saturated heterocycles. The summed E-state index contributed by atoms with van der Waals surface area (Å²) in [5.41, 5.74) is 6.97. The van der Waals surface area contributed by atoms with Gasteiger partial charge in [0.15, 0.2) is 22.7 Å². The molecule has 0 unspecified atom stereocenters. The Kier molecular flexibility index (Phi) is 28.0. The molecule has 4 rings (SSSR count). The third-order valence-corrected chi connectivity index (χ3v) is 9.93. The van der Waals surface area contributed by atoms with E-state index < -0.39 is 0 Å². The number of rotatable bonds is 25. The zero-order valence-corrected chi connectivity index (χ0v) is 37.3. The lowest BCUT2D eigenvalue weighted by molar-refractivity contribution is 0.112. The molecule has 0 bridgehead atoms. The van der Waals surface area contributed by atoms with Gasteiger partial charge in [-0.15, -0.1) is 0 Å². The molecule has 0 fully saturated rings. The quantitative estimate of drug-likeness (QED) is 0.0410. The van der Waals surface area contributed by atoms with Crippen molar-refractivity contribution >= 4 is 29.0 Å². The zero-order valence-electron chi connectivity index (χ0n) is 37.3. The highest BCUT2D eigenvalue weighted by molar-refractivity contribution is 5.75. The maximum absolute atomic E-state index is 10.1. The highest BCUT2D eigenvalue weighted by Gasteiger charge is 2.10. The van der Waals surface area contributed by atoms with Crippen LogP contribution in [0.15, 0.2) is 97.1 Å². The van der Waals surface area contributed by atoms with Crippen molar-refractivity contribution in [3.8, 4) is 0 Å². The van der Waals surface area contributed by atoms with Crippen LogP contribution in [0.2, 0.25) is 0 Å². The minimum absolute atomic E-state index is 0.561. The van der Waals surface area contributed by atoms with Crippen LogP contribution in [0.5, 0.6) is 0 Å². The van der Waals surface area contributed by atoms with Gasteiger partial charge in [0.2, 0.25) is 0 Å².